The minimum absolute atomic E-state index is 0.0589. The first-order valence-electron chi connectivity index (χ1n) is 6.60. The van der Waals surface area contributed by atoms with Crippen LogP contribution in [0.25, 0.3) is 11.0 Å². The summed E-state index contributed by atoms with van der Waals surface area (Å²) in [7, 11) is 0. The predicted octanol–water partition coefficient (Wildman–Crippen LogP) is 1.24. The molecule has 4 N–H and O–H groups in total. The Morgan fingerprint density at radius 1 is 1.45 bits per heavy atom. The molecule has 2 aromatic rings. The lowest BCUT2D eigenvalue weighted by Gasteiger charge is -2.11. The molecule has 108 valence electrons. The molecule has 0 fully saturated rings. The van der Waals surface area contributed by atoms with E-state index in [1.807, 2.05) is 18.2 Å². The highest BCUT2D eigenvalue weighted by molar-refractivity contribution is 5.79. The number of carbonyl (C=O) groups is 1. The Hall–Kier alpha value is -2.08. The van der Waals surface area contributed by atoms with Crippen molar-refractivity contribution in [3.05, 3.63) is 24.0 Å². The van der Waals surface area contributed by atoms with Crippen LogP contribution in [-0.4, -0.2) is 28.7 Å². The first-order valence-corrected chi connectivity index (χ1v) is 6.60. The van der Waals surface area contributed by atoms with E-state index in [4.69, 9.17) is 16.2 Å². The number of carbonyl (C=O) groups excluding carboxylic acids is 1. The number of hydrogen-bond acceptors (Lipinski definition) is 4. The van der Waals surface area contributed by atoms with Crippen LogP contribution in [0.4, 0.5) is 5.69 Å². The number of ether oxygens (including phenoxy) is 1. The van der Waals surface area contributed by atoms with Crippen molar-refractivity contribution < 1.29 is 9.53 Å². The summed E-state index contributed by atoms with van der Waals surface area (Å²) in [5.74, 6) is 0.811. The molecule has 0 aliphatic rings. The third-order valence-corrected chi connectivity index (χ3v) is 3.02. The summed E-state index contributed by atoms with van der Waals surface area (Å²) in [6, 6.07) is 5.68. The van der Waals surface area contributed by atoms with Gasteiger partial charge in [0, 0.05) is 18.2 Å². The summed E-state index contributed by atoms with van der Waals surface area (Å²) in [5, 5.41) is 0. The second kappa shape index (κ2) is 5.92. The Morgan fingerprint density at radius 3 is 2.85 bits per heavy atom. The number of amides is 1. The van der Waals surface area contributed by atoms with E-state index in [1.165, 1.54) is 0 Å². The van der Waals surface area contributed by atoms with Crippen LogP contribution in [-0.2, 0) is 16.1 Å². The maximum absolute atomic E-state index is 10.6. The van der Waals surface area contributed by atoms with E-state index in [0.717, 1.165) is 16.9 Å². The van der Waals surface area contributed by atoms with Gasteiger partial charge in [0.15, 0.2) is 0 Å². The van der Waals surface area contributed by atoms with Crippen molar-refractivity contribution in [2.24, 2.45) is 5.73 Å². The predicted molar refractivity (Wildman–Crippen MR) is 78.2 cm³/mol. The van der Waals surface area contributed by atoms with Crippen molar-refractivity contribution in [2.45, 2.75) is 26.3 Å². The molecule has 0 aliphatic heterocycles. The summed E-state index contributed by atoms with van der Waals surface area (Å²) < 4.78 is 7.33. The van der Waals surface area contributed by atoms with Gasteiger partial charge in [0.25, 0.3) is 0 Å². The number of primary amides is 1. The summed E-state index contributed by atoms with van der Waals surface area (Å²) >= 11 is 0. The number of fused-ring (bicyclic) bond motifs is 1. The van der Waals surface area contributed by atoms with Gasteiger partial charge in [-0.3, -0.25) is 4.79 Å². The van der Waals surface area contributed by atoms with Gasteiger partial charge >= 0.3 is 0 Å². The van der Waals surface area contributed by atoms with Gasteiger partial charge in [-0.2, -0.15) is 0 Å². The maximum atomic E-state index is 10.6. The lowest BCUT2D eigenvalue weighted by atomic mass is 10.2. The largest absolute Gasteiger partial charge is 0.399 e. The quantitative estimate of drug-likeness (QED) is 0.613. The van der Waals surface area contributed by atoms with Gasteiger partial charge < -0.3 is 20.8 Å². The Balaban J connectivity index is 2.24. The highest BCUT2D eigenvalue weighted by Gasteiger charge is 2.13. The Kier molecular flexibility index (Phi) is 4.24. The van der Waals surface area contributed by atoms with Crippen LogP contribution in [0, 0.1) is 0 Å². The van der Waals surface area contributed by atoms with Crippen molar-refractivity contribution in [1.29, 1.82) is 0 Å². The smallest absolute Gasteiger partial charge is 0.243 e. The third-order valence-electron chi connectivity index (χ3n) is 3.02. The fourth-order valence-electron chi connectivity index (χ4n) is 2.17. The van der Waals surface area contributed by atoms with Crippen LogP contribution in [0.1, 0.15) is 25.6 Å². The number of nitrogens with two attached hydrogens (primary N) is 2. The maximum Gasteiger partial charge on any atom is 0.243 e. The molecule has 1 amide bonds. The average molecular weight is 276 g/mol. The Bertz CT molecular complexity index is 619. The summed E-state index contributed by atoms with van der Waals surface area (Å²) in [6.45, 7) is 5.16. The summed E-state index contributed by atoms with van der Waals surface area (Å²) in [4.78, 5) is 15.3. The van der Waals surface area contributed by atoms with Crippen LogP contribution in [0.15, 0.2) is 18.2 Å². The SMILES string of the molecule is CC(C)c1nc2cc(N)ccc2n1CCOCC(N)=O. The van der Waals surface area contributed by atoms with Gasteiger partial charge in [0.1, 0.15) is 12.4 Å². The standard InChI is InChI=1S/C14H20N4O2/c1-9(2)14-17-11-7-10(15)3-4-12(11)18(14)5-6-20-8-13(16)19/h3-4,7,9H,5-6,8,15H2,1-2H3,(H2,16,19). The summed E-state index contributed by atoms with van der Waals surface area (Å²) in [5.41, 5.74) is 13.4. The second-order valence-corrected chi connectivity index (χ2v) is 5.04. The van der Waals surface area contributed by atoms with E-state index >= 15 is 0 Å². The number of benzene rings is 1. The number of nitrogens with zero attached hydrogens (tertiary/aromatic N) is 2. The van der Waals surface area contributed by atoms with Gasteiger partial charge in [-0.25, -0.2) is 4.98 Å². The molecule has 0 unspecified atom stereocenters. The molecule has 0 saturated heterocycles. The van der Waals surface area contributed by atoms with Crippen molar-refractivity contribution in [1.82, 2.24) is 9.55 Å². The molecule has 1 aromatic heterocycles. The monoisotopic (exact) mass is 276 g/mol. The average Bonchev–Trinajstić information content (AvgIpc) is 2.72. The molecule has 0 aliphatic carbocycles. The van der Waals surface area contributed by atoms with E-state index < -0.39 is 5.91 Å². The molecule has 1 aromatic carbocycles. The normalized spacial score (nSPS) is 11.3. The Labute approximate surface area is 117 Å². The molecule has 0 spiro atoms. The number of imidazole rings is 1. The molecule has 1 heterocycles. The molecule has 20 heavy (non-hydrogen) atoms. The number of aromatic nitrogens is 2. The van der Waals surface area contributed by atoms with E-state index in [1.54, 1.807) is 0 Å². The zero-order valence-electron chi connectivity index (χ0n) is 11.8. The minimum Gasteiger partial charge on any atom is -0.399 e. The van der Waals surface area contributed by atoms with E-state index in [-0.39, 0.29) is 6.61 Å². The van der Waals surface area contributed by atoms with Crippen LogP contribution in [0.2, 0.25) is 0 Å². The van der Waals surface area contributed by atoms with Crippen molar-refractivity contribution in [3.63, 3.8) is 0 Å². The molecule has 2 rings (SSSR count). The van der Waals surface area contributed by atoms with Crippen molar-refractivity contribution in [2.75, 3.05) is 18.9 Å². The second-order valence-electron chi connectivity index (χ2n) is 5.04. The summed E-state index contributed by atoms with van der Waals surface area (Å²) in [6.07, 6.45) is 0. The molecule has 0 radical (unpaired) electrons. The minimum atomic E-state index is -0.461. The fourth-order valence-corrected chi connectivity index (χ4v) is 2.17. The van der Waals surface area contributed by atoms with Crippen molar-refractivity contribution >= 4 is 22.6 Å². The van der Waals surface area contributed by atoms with Gasteiger partial charge in [-0.1, -0.05) is 13.8 Å². The molecule has 0 atom stereocenters. The molecule has 0 saturated carbocycles. The molecule has 0 bridgehead atoms. The number of anilines is 1. The van der Waals surface area contributed by atoms with E-state index in [2.05, 4.69) is 23.4 Å². The topological polar surface area (TPSA) is 96.2 Å². The first kappa shape index (κ1) is 14.3. The first-order chi connectivity index (χ1) is 9.49. The van der Waals surface area contributed by atoms with Gasteiger partial charge in [0.2, 0.25) is 5.91 Å². The lowest BCUT2D eigenvalue weighted by Crippen LogP contribution is -2.20. The van der Waals surface area contributed by atoms with Crippen molar-refractivity contribution in [3.8, 4) is 0 Å². The van der Waals surface area contributed by atoms with Gasteiger partial charge in [-0.05, 0) is 18.2 Å². The number of hydrogen-bond donors (Lipinski definition) is 2. The van der Waals surface area contributed by atoms with Crippen LogP contribution in [0.3, 0.4) is 0 Å². The number of nitrogen functional groups attached to an aromatic ring is 1. The zero-order valence-corrected chi connectivity index (χ0v) is 11.8. The highest BCUT2D eigenvalue weighted by Crippen LogP contribution is 2.23. The Morgan fingerprint density at radius 2 is 2.20 bits per heavy atom. The number of rotatable bonds is 6. The van der Waals surface area contributed by atoms with Gasteiger partial charge in [0.05, 0.1) is 17.6 Å². The van der Waals surface area contributed by atoms with E-state index in [9.17, 15) is 4.79 Å². The highest BCUT2D eigenvalue weighted by atomic mass is 16.5. The van der Waals surface area contributed by atoms with E-state index in [0.29, 0.717) is 24.8 Å². The third kappa shape index (κ3) is 3.08. The molecule has 6 heteroatoms. The van der Waals surface area contributed by atoms with Crippen LogP contribution >= 0.6 is 0 Å². The van der Waals surface area contributed by atoms with Crippen LogP contribution in [0.5, 0.6) is 0 Å². The molecular formula is C14H20N4O2. The van der Waals surface area contributed by atoms with Gasteiger partial charge in [-0.15, -0.1) is 0 Å². The lowest BCUT2D eigenvalue weighted by molar-refractivity contribution is -0.122. The molecule has 6 nitrogen and oxygen atoms in total. The zero-order chi connectivity index (χ0) is 14.7. The van der Waals surface area contributed by atoms with Crippen LogP contribution < -0.4 is 11.5 Å². The molecular weight excluding hydrogens is 256 g/mol. The fraction of sp³-hybridized carbons (Fsp3) is 0.429.